The molecule has 58 heavy (non-hydrogen) atoms. The van der Waals surface area contributed by atoms with Crippen LogP contribution in [0.25, 0.3) is 27.9 Å². The molecule has 4 atom stereocenters. The number of hydrazine groups is 1. The van der Waals surface area contributed by atoms with Crippen LogP contribution >= 0.6 is 0 Å². The lowest BCUT2D eigenvalue weighted by molar-refractivity contribution is -0.155. The fraction of sp³-hybridized carbons (Fsp3) is 0.568. The predicted molar refractivity (Wildman–Crippen MR) is 224 cm³/mol. The average molecular weight is 800 g/mol. The van der Waals surface area contributed by atoms with Gasteiger partial charge in [-0.05, 0) is 69.7 Å². The molecule has 3 aliphatic heterocycles. The molecule has 14 nitrogen and oxygen atoms in total. The Morgan fingerprint density at radius 3 is 2.66 bits per heavy atom. The molecule has 0 saturated carbocycles. The maximum absolute atomic E-state index is 14.3. The number of ether oxygens (including phenoxy) is 3. The Bertz CT molecular complexity index is 2040. The molecule has 3 aromatic rings. The molecule has 0 unspecified atom stereocenters. The molecule has 14 heteroatoms. The van der Waals surface area contributed by atoms with Gasteiger partial charge in [0.1, 0.15) is 18.3 Å². The van der Waals surface area contributed by atoms with Crippen molar-refractivity contribution in [3.63, 3.8) is 0 Å². The van der Waals surface area contributed by atoms with E-state index >= 15 is 0 Å². The molecular formula is C44H61N7O7. The fourth-order valence-corrected chi connectivity index (χ4v) is 7.95. The van der Waals surface area contributed by atoms with Gasteiger partial charge in [0.25, 0.3) is 5.91 Å². The zero-order valence-corrected chi connectivity index (χ0v) is 35.4. The summed E-state index contributed by atoms with van der Waals surface area (Å²) in [6.45, 7) is 21.2. The van der Waals surface area contributed by atoms with Gasteiger partial charge in [0.15, 0.2) is 0 Å². The SMILES string of the molecule is C=C/C(=C(\N=CC)[C@H](C)OC)c1c2c3cc(ccc3n1CC)-c1nc(co1)C[C@H](NC(=O)[C@@H](COC1CNC1)C(C)C)C(=O)N1CCC[C@H](N1)C(=O)OCC(C)(C)C2. The van der Waals surface area contributed by atoms with Gasteiger partial charge in [-0.15, -0.1) is 0 Å². The molecule has 0 aliphatic carbocycles. The number of carbonyl (C=O) groups excluding carboxylic acids is 3. The van der Waals surface area contributed by atoms with Crippen LogP contribution in [0.3, 0.4) is 0 Å². The van der Waals surface area contributed by atoms with Gasteiger partial charge in [0.05, 0.1) is 48.4 Å². The van der Waals surface area contributed by atoms with E-state index in [0.29, 0.717) is 43.9 Å². The number of aryl methyl sites for hydroxylation is 1. The van der Waals surface area contributed by atoms with Crippen molar-refractivity contribution in [1.82, 2.24) is 30.6 Å². The molecule has 2 aromatic heterocycles. The number of aromatic nitrogens is 2. The maximum atomic E-state index is 14.3. The highest BCUT2D eigenvalue weighted by molar-refractivity contribution is 5.95. The first kappa shape index (κ1) is 43.0. The van der Waals surface area contributed by atoms with Crippen LogP contribution in [0.15, 0.2) is 52.2 Å². The Hall–Kier alpha value is -4.63. The number of allylic oxidation sites excluding steroid dienone is 2. The second-order valence-electron chi connectivity index (χ2n) is 16.7. The van der Waals surface area contributed by atoms with E-state index in [1.807, 2.05) is 39.8 Å². The van der Waals surface area contributed by atoms with Gasteiger partial charge in [0, 0.05) is 73.4 Å². The number of benzene rings is 1. The maximum Gasteiger partial charge on any atom is 0.324 e. The van der Waals surface area contributed by atoms with E-state index in [2.05, 4.69) is 60.1 Å². The molecule has 5 heterocycles. The third-order valence-corrected chi connectivity index (χ3v) is 11.4. The number of fused-ring (bicyclic) bond motifs is 6. The summed E-state index contributed by atoms with van der Waals surface area (Å²) in [6, 6.07) is 4.40. The number of nitrogens with zero attached hydrogens (tertiary/aromatic N) is 4. The fourth-order valence-electron chi connectivity index (χ4n) is 7.95. The average Bonchev–Trinajstić information content (AvgIpc) is 3.78. The number of methoxy groups -OCH3 is 1. The van der Waals surface area contributed by atoms with Crippen LogP contribution in [0.5, 0.6) is 0 Å². The van der Waals surface area contributed by atoms with Crippen LogP contribution in [0.4, 0.5) is 0 Å². The molecule has 2 amide bonds. The minimum Gasteiger partial charge on any atom is -0.464 e. The first-order chi connectivity index (χ1) is 27.8. The second kappa shape index (κ2) is 18.5. The largest absolute Gasteiger partial charge is 0.464 e. The Balaban J connectivity index is 1.45. The van der Waals surface area contributed by atoms with Gasteiger partial charge in [-0.3, -0.25) is 24.4 Å². The van der Waals surface area contributed by atoms with Gasteiger partial charge in [-0.25, -0.2) is 10.4 Å². The van der Waals surface area contributed by atoms with Gasteiger partial charge < -0.3 is 33.8 Å². The van der Waals surface area contributed by atoms with Crippen LogP contribution in [-0.2, 0) is 48.0 Å². The molecule has 3 N–H and O–H groups in total. The van der Waals surface area contributed by atoms with Gasteiger partial charge in [-0.1, -0.05) is 40.3 Å². The molecule has 314 valence electrons. The van der Waals surface area contributed by atoms with Crippen molar-refractivity contribution >= 4 is 40.5 Å². The van der Waals surface area contributed by atoms with Crippen molar-refractivity contribution in [3.8, 4) is 11.5 Å². The van der Waals surface area contributed by atoms with Crippen molar-refractivity contribution in [3.05, 3.63) is 59.8 Å². The van der Waals surface area contributed by atoms with E-state index in [4.69, 9.17) is 28.6 Å². The second-order valence-corrected chi connectivity index (χ2v) is 16.7. The first-order valence-corrected chi connectivity index (χ1v) is 20.6. The number of cyclic esters (lactones) is 1. The highest BCUT2D eigenvalue weighted by atomic mass is 16.5. The molecule has 6 rings (SSSR count). The van der Waals surface area contributed by atoms with Gasteiger partial charge in [0.2, 0.25) is 11.8 Å². The molecule has 0 spiro atoms. The van der Waals surface area contributed by atoms with E-state index in [1.54, 1.807) is 19.6 Å². The molecule has 0 radical (unpaired) electrons. The summed E-state index contributed by atoms with van der Waals surface area (Å²) >= 11 is 0. The Labute approximate surface area is 341 Å². The molecule has 6 bridgehead atoms. The molecular weight excluding hydrogens is 739 g/mol. The molecule has 1 aromatic carbocycles. The number of oxazole rings is 1. The van der Waals surface area contributed by atoms with Crippen LogP contribution in [0.1, 0.15) is 78.3 Å². The minimum absolute atomic E-state index is 0.0344. The van der Waals surface area contributed by atoms with Crippen molar-refractivity contribution < 1.29 is 33.0 Å². The number of rotatable bonds is 12. The number of hydrogen-bond acceptors (Lipinski definition) is 11. The van der Waals surface area contributed by atoms with E-state index in [9.17, 15) is 14.4 Å². The summed E-state index contributed by atoms with van der Waals surface area (Å²) in [5.41, 5.74) is 8.49. The third kappa shape index (κ3) is 9.30. The van der Waals surface area contributed by atoms with Crippen LogP contribution in [0.2, 0.25) is 0 Å². The normalized spacial score (nSPS) is 22.0. The van der Waals surface area contributed by atoms with Gasteiger partial charge in [-0.2, -0.15) is 0 Å². The van der Waals surface area contributed by atoms with E-state index in [-0.39, 0.29) is 49.6 Å². The van der Waals surface area contributed by atoms with Crippen LogP contribution < -0.4 is 16.1 Å². The quantitative estimate of drug-likeness (QED) is 0.126. The molecule has 3 aliphatic rings. The van der Waals surface area contributed by atoms with Crippen molar-refractivity contribution in [2.24, 2.45) is 22.2 Å². The molecule has 2 fully saturated rings. The molecule has 2 saturated heterocycles. The predicted octanol–water partition coefficient (Wildman–Crippen LogP) is 5.25. The summed E-state index contributed by atoms with van der Waals surface area (Å²) in [7, 11) is 1.67. The number of hydrogen-bond donors (Lipinski definition) is 3. The highest BCUT2D eigenvalue weighted by Crippen LogP contribution is 2.40. The lowest BCUT2D eigenvalue weighted by Gasteiger charge is -2.36. The highest BCUT2D eigenvalue weighted by Gasteiger charge is 2.37. The van der Waals surface area contributed by atoms with E-state index < -0.39 is 29.4 Å². The number of amides is 2. The third-order valence-electron chi connectivity index (χ3n) is 11.4. The lowest BCUT2D eigenvalue weighted by Crippen LogP contribution is -2.61. The van der Waals surface area contributed by atoms with Crippen molar-refractivity contribution in [1.29, 1.82) is 0 Å². The van der Waals surface area contributed by atoms with E-state index in [0.717, 1.165) is 52.1 Å². The smallest absolute Gasteiger partial charge is 0.324 e. The van der Waals surface area contributed by atoms with Crippen molar-refractivity contribution in [2.45, 2.75) is 105 Å². The summed E-state index contributed by atoms with van der Waals surface area (Å²) in [4.78, 5) is 51.7. The number of aliphatic imine (C=N–C) groups is 1. The summed E-state index contributed by atoms with van der Waals surface area (Å²) in [6.07, 6.45) is 6.60. The topological polar surface area (TPSA) is 162 Å². The van der Waals surface area contributed by atoms with Crippen LogP contribution in [0, 0.1) is 17.3 Å². The minimum atomic E-state index is -0.994. The Kier molecular flexibility index (Phi) is 13.7. The van der Waals surface area contributed by atoms with E-state index in [1.165, 1.54) is 5.01 Å². The van der Waals surface area contributed by atoms with Gasteiger partial charge >= 0.3 is 5.97 Å². The van der Waals surface area contributed by atoms with Crippen LogP contribution in [-0.4, -0.2) is 103 Å². The standard InChI is InChI=1S/C44H61N7O7/c1-10-31(38(46-11-2)27(6)55-9)39-33-20-44(7,8)25-58-43(54)35-14-13-17-51(49-35)42(53)36(48-40(52)34(26(4)5)24-56-30-21-45-22-30)19-29-23-57-41(47-29)28-15-16-37(32(33)18-28)50(39)12-3/h10-11,15-16,18,23,26-27,30,34-36,45,49H,1,12-14,17,19-22,24-25H2,2-9H3,(H,48,52)/b38-31+,46-11?/t27-,34-,35-,36-/m0/s1. The van der Waals surface area contributed by atoms with Crippen molar-refractivity contribution in [2.75, 3.05) is 40.0 Å². The Morgan fingerprint density at radius 1 is 1.22 bits per heavy atom. The summed E-state index contributed by atoms with van der Waals surface area (Å²) in [5, 5.41) is 8.65. The summed E-state index contributed by atoms with van der Waals surface area (Å²) < 4.78 is 26.3. The lowest BCUT2D eigenvalue weighted by atomic mass is 9.84. The zero-order chi connectivity index (χ0) is 41.7. The zero-order valence-electron chi connectivity index (χ0n) is 35.4. The first-order valence-electron chi connectivity index (χ1n) is 20.6. The monoisotopic (exact) mass is 799 g/mol. The Morgan fingerprint density at radius 2 is 2.00 bits per heavy atom. The number of carbonyl (C=O) groups is 3. The number of nitrogens with one attached hydrogen (secondary N) is 3. The summed E-state index contributed by atoms with van der Waals surface area (Å²) in [5.74, 6) is -1.21. The number of esters is 1.